The van der Waals surface area contributed by atoms with Crippen LogP contribution in [0, 0.1) is 0 Å². The van der Waals surface area contributed by atoms with Crippen molar-refractivity contribution < 1.29 is 14.3 Å². The highest BCUT2D eigenvalue weighted by molar-refractivity contribution is 5.70. The number of carbonyl (C=O) groups excluding carboxylic acids is 1. The second kappa shape index (κ2) is 9.04. The molecule has 1 aliphatic heterocycles. The molecule has 5 nitrogen and oxygen atoms in total. The second-order valence-corrected chi connectivity index (χ2v) is 6.35. The maximum Gasteiger partial charge on any atom is 0.306 e. The minimum Gasteiger partial charge on any atom is -0.469 e. The molecule has 1 fully saturated rings. The number of nitrogen functional groups attached to an aromatic ring is 1. The summed E-state index contributed by atoms with van der Waals surface area (Å²) in [6.45, 7) is 7.73. The number of rotatable bonds is 7. The zero-order chi connectivity index (χ0) is 17.5. The van der Waals surface area contributed by atoms with Crippen LogP contribution in [-0.4, -0.2) is 44.3 Å². The molecular formula is C19H30N2O3. The molecule has 0 bridgehead atoms. The van der Waals surface area contributed by atoms with Gasteiger partial charge < -0.3 is 15.2 Å². The predicted molar refractivity (Wildman–Crippen MR) is 95.9 cm³/mol. The van der Waals surface area contributed by atoms with E-state index in [1.807, 2.05) is 6.07 Å². The van der Waals surface area contributed by atoms with Crippen LogP contribution in [0.2, 0.25) is 0 Å². The van der Waals surface area contributed by atoms with E-state index in [2.05, 4.69) is 30.9 Å². The van der Waals surface area contributed by atoms with Crippen LogP contribution in [0.1, 0.15) is 56.2 Å². The third kappa shape index (κ3) is 4.48. The van der Waals surface area contributed by atoms with Crippen molar-refractivity contribution in [1.29, 1.82) is 0 Å². The van der Waals surface area contributed by atoms with Crippen LogP contribution < -0.4 is 5.73 Å². The lowest BCUT2D eigenvalue weighted by atomic mass is 9.90. The van der Waals surface area contributed by atoms with Gasteiger partial charge in [0.2, 0.25) is 0 Å². The Morgan fingerprint density at radius 3 is 2.54 bits per heavy atom. The minimum atomic E-state index is -0.177. The monoisotopic (exact) mass is 334 g/mol. The van der Waals surface area contributed by atoms with E-state index in [1.54, 1.807) is 0 Å². The van der Waals surface area contributed by atoms with Gasteiger partial charge in [-0.1, -0.05) is 26.0 Å². The number of nitrogens with zero attached hydrogens (tertiary/aromatic N) is 1. The first-order valence-electron chi connectivity index (χ1n) is 8.88. The average molecular weight is 334 g/mol. The number of esters is 1. The number of methoxy groups -OCH3 is 1. The van der Waals surface area contributed by atoms with E-state index in [-0.39, 0.29) is 11.9 Å². The van der Waals surface area contributed by atoms with Crippen molar-refractivity contribution in [3.8, 4) is 0 Å². The molecule has 1 aromatic rings. The summed E-state index contributed by atoms with van der Waals surface area (Å²) in [6.07, 6.45) is 2.30. The molecule has 2 unspecified atom stereocenters. The molecule has 0 saturated carbocycles. The fourth-order valence-corrected chi connectivity index (χ4v) is 3.50. The lowest BCUT2D eigenvalue weighted by Crippen LogP contribution is -2.39. The SMILES string of the molecule is CCC(CC(=O)OC)c1ccc(C(CC)N2CCOCC2)c(N)c1. The molecule has 2 rings (SSSR count). The Labute approximate surface area is 145 Å². The van der Waals surface area contributed by atoms with Gasteiger partial charge in [-0.15, -0.1) is 0 Å². The fourth-order valence-electron chi connectivity index (χ4n) is 3.50. The molecular weight excluding hydrogens is 304 g/mol. The second-order valence-electron chi connectivity index (χ2n) is 6.35. The first-order chi connectivity index (χ1) is 11.6. The Kier molecular flexibility index (Phi) is 7.06. The molecule has 2 atom stereocenters. The molecule has 134 valence electrons. The molecule has 0 aromatic heterocycles. The number of carbonyl (C=O) groups is 1. The highest BCUT2D eigenvalue weighted by Crippen LogP contribution is 2.33. The zero-order valence-corrected chi connectivity index (χ0v) is 15.1. The summed E-state index contributed by atoms with van der Waals surface area (Å²) >= 11 is 0. The summed E-state index contributed by atoms with van der Waals surface area (Å²) in [5, 5.41) is 0. The maximum absolute atomic E-state index is 11.6. The first kappa shape index (κ1) is 18.7. The third-order valence-corrected chi connectivity index (χ3v) is 4.95. The molecule has 1 saturated heterocycles. The quantitative estimate of drug-likeness (QED) is 0.613. The Hall–Kier alpha value is -1.59. The van der Waals surface area contributed by atoms with Gasteiger partial charge in [0.25, 0.3) is 0 Å². The Bertz CT molecular complexity index is 541. The van der Waals surface area contributed by atoms with E-state index < -0.39 is 0 Å². The number of morpholine rings is 1. The normalized spacial score (nSPS) is 18.1. The Morgan fingerprint density at radius 2 is 2.00 bits per heavy atom. The smallest absolute Gasteiger partial charge is 0.306 e. The molecule has 0 radical (unpaired) electrons. The molecule has 5 heteroatoms. The van der Waals surface area contributed by atoms with Crippen molar-refractivity contribution >= 4 is 11.7 Å². The highest BCUT2D eigenvalue weighted by Gasteiger charge is 2.23. The van der Waals surface area contributed by atoms with E-state index in [0.717, 1.165) is 50.4 Å². The largest absolute Gasteiger partial charge is 0.469 e. The topological polar surface area (TPSA) is 64.8 Å². The van der Waals surface area contributed by atoms with Gasteiger partial charge in [-0.2, -0.15) is 0 Å². The van der Waals surface area contributed by atoms with E-state index in [0.29, 0.717) is 12.5 Å². The predicted octanol–water partition coefficient (Wildman–Crippen LogP) is 3.11. The lowest BCUT2D eigenvalue weighted by Gasteiger charge is -2.35. The minimum absolute atomic E-state index is 0.150. The van der Waals surface area contributed by atoms with Crippen LogP contribution in [0.5, 0.6) is 0 Å². The lowest BCUT2D eigenvalue weighted by molar-refractivity contribution is -0.141. The third-order valence-electron chi connectivity index (χ3n) is 4.95. The summed E-state index contributed by atoms with van der Waals surface area (Å²) in [7, 11) is 1.43. The molecule has 0 amide bonds. The highest BCUT2D eigenvalue weighted by atomic mass is 16.5. The summed E-state index contributed by atoms with van der Waals surface area (Å²) in [5.41, 5.74) is 9.49. The standard InChI is InChI=1S/C19H30N2O3/c1-4-14(13-19(22)23-3)15-6-7-16(17(20)12-15)18(5-2)21-8-10-24-11-9-21/h6-7,12,14,18H,4-5,8-11,13,20H2,1-3H3. The van der Waals surface area contributed by atoms with Gasteiger partial charge in [-0.3, -0.25) is 9.69 Å². The van der Waals surface area contributed by atoms with Gasteiger partial charge in [0.1, 0.15) is 0 Å². The number of anilines is 1. The summed E-state index contributed by atoms with van der Waals surface area (Å²) in [4.78, 5) is 14.0. The number of hydrogen-bond donors (Lipinski definition) is 1. The first-order valence-corrected chi connectivity index (χ1v) is 8.88. The zero-order valence-electron chi connectivity index (χ0n) is 15.1. The Morgan fingerprint density at radius 1 is 1.29 bits per heavy atom. The van der Waals surface area contributed by atoms with Crippen LogP contribution in [0.15, 0.2) is 18.2 Å². The van der Waals surface area contributed by atoms with E-state index in [4.69, 9.17) is 15.2 Å². The van der Waals surface area contributed by atoms with Crippen LogP contribution >= 0.6 is 0 Å². The van der Waals surface area contributed by atoms with Crippen molar-refractivity contribution in [1.82, 2.24) is 4.90 Å². The summed E-state index contributed by atoms with van der Waals surface area (Å²) in [6, 6.07) is 6.61. The maximum atomic E-state index is 11.6. The van der Waals surface area contributed by atoms with Gasteiger partial charge in [0.05, 0.1) is 26.7 Å². The van der Waals surface area contributed by atoms with E-state index >= 15 is 0 Å². The van der Waals surface area contributed by atoms with Crippen LogP contribution in [0.3, 0.4) is 0 Å². The van der Waals surface area contributed by atoms with Crippen LogP contribution in [-0.2, 0) is 14.3 Å². The molecule has 0 aliphatic carbocycles. The van der Waals surface area contributed by atoms with Gasteiger partial charge in [0, 0.05) is 24.8 Å². The molecule has 1 aliphatic rings. The summed E-state index contributed by atoms with van der Waals surface area (Å²) < 4.78 is 10.3. The van der Waals surface area contributed by atoms with Gasteiger partial charge in [-0.05, 0) is 36.0 Å². The molecule has 24 heavy (non-hydrogen) atoms. The van der Waals surface area contributed by atoms with Crippen molar-refractivity contribution in [3.05, 3.63) is 29.3 Å². The van der Waals surface area contributed by atoms with Crippen molar-refractivity contribution in [3.63, 3.8) is 0 Å². The molecule has 2 N–H and O–H groups in total. The number of hydrogen-bond acceptors (Lipinski definition) is 5. The molecule has 0 spiro atoms. The number of nitrogens with two attached hydrogens (primary N) is 1. The fraction of sp³-hybridized carbons (Fsp3) is 0.632. The van der Waals surface area contributed by atoms with Crippen LogP contribution in [0.4, 0.5) is 5.69 Å². The number of benzene rings is 1. The van der Waals surface area contributed by atoms with E-state index in [9.17, 15) is 4.79 Å². The van der Waals surface area contributed by atoms with Gasteiger partial charge in [0.15, 0.2) is 0 Å². The average Bonchev–Trinajstić information content (AvgIpc) is 2.62. The van der Waals surface area contributed by atoms with Crippen molar-refractivity contribution in [2.75, 3.05) is 39.1 Å². The van der Waals surface area contributed by atoms with Gasteiger partial charge in [-0.25, -0.2) is 0 Å². The summed E-state index contributed by atoms with van der Waals surface area (Å²) in [5.74, 6) is -0.0264. The van der Waals surface area contributed by atoms with Crippen molar-refractivity contribution in [2.45, 2.75) is 45.1 Å². The number of ether oxygens (including phenoxy) is 2. The van der Waals surface area contributed by atoms with E-state index in [1.165, 1.54) is 12.7 Å². The van der Waals surface area contributed by atoms with Crippen molar-refractivity contribution in [2.24, 2.45) is 0 Å². The molecule has 1 aromatic carbocycles. The van der Waals surface area contributed by atoms with Crippen LogP contribution in [0.25, 0.3) is 0 Å². The Balaban J connectivity index is 2.19. The van der Waals surface area contributed by atoms with Gasteiger partial charge >= 0.3 is 5.97 Å². The molecule has 1 heterocycles.